The molecule has 0 bridgehead atoms. The lowest BCUT2D eigenvalue weighted by molar-refractivity contribution is -0.0584. The molecule has 0 saturated carbocycles. The Kier molecular flexibility index (Phi) is 5.78. The van der Waals surface area contributed by atoms with Crippen molar-refractivity contribution in [2.45, 2.75) is 19.0 Å². The van der Waals surface area contributed by atoms with Crippen LogP contribution in [0.2, 0.25) is 0 Å². The molecule has 2 nitrogen and oxygen atoms in total. The molecule has 1 aromatic carbocycles. The van der Waals surface area contributed by atoms with Crippen LogP contribution in [0.5, 0.6) is 0 Å². The molecule has 23 heavy (non-hydrogen) atoms. The minimum Gasteiger partial charge on any atom is -0.402 e. The van der Waals surface area contributed by atoms with Gasteiger partial charge in [0.05, 0.1) is 0 Å². The Morgan fingerprint density at radius 3 is 2.48 bits per heavy atom. The molecule has 6 heteroatoms. The Balaban J connectivity index is 2.25. The van der Waals surface area contributed by atoms with Gasteiger partial charge in [0.2, 0.25) is 0 Å². The fourth-order valence-electron chi connectivity index (χ4n) is 2.23. The zero-order valence-electron chi connectivity index (χ0n) is 12.5. The Hall–Kier alpha value is -1.87. The Morgan fingerprint density at radius 2 is 1.91 bits per heavy atom. The van der Waals surface area contributed by atoms with E-state index in [0.29, 0.717) is 6.16 Å². The Bertz CT molecular complexity index is 646. The molecular formula is C17H18F3N2P. The van der Waals surface area contributed by atoms with Gasteiger partial charge in [-0.15, -0.1) is 0 Å². The number of hydrogen-bond acceptors (Lipinski definition) is 2. The largest absolute Gasteiger partial charge is 0.432 e. The number of nitrogens with one attached hydrogen (secondary N) is 1. The lowest BCUT2D eigenvalue weighted by Crippen LogP contribution is -2.22. The maximum atomic E-state index is 12.5. The van der Waals surface area contributed by atoms with Crippen LogP contribution < -0.4 is 11.0 Å². The van der Waals surface area contributed by atoms with Crippen molar-refractivity contribution in [1.29, 1.82) is 5.41 Å². The number of benzene rings is 1. The lowest BCUT2D eigenvalue weighted by Gasteiger charge is -2.21. The third kappa shape index (κ3) is 5.07. The summed E-state index contributed by atoms with van der Waals surface area (Å²) < 4.78 is 37.4. The average Bonchev–Trinajstić information content (AvgIpc) is 2.53. The monoisotopic (exact) mass is 338 g/mol. The SMILES string of the molecule is N=C(/C=C(\N)CP(C1=CCCC=C1)c1ccccc1)C(F)(F)F. The molecule has 0 aliphatic heterocycles. The number of allylic oxidation sites excluding steroid dienone is 6. The predicted molar refractivity (Wildman–Crippen MR) is 90.4 cm³/mol. The predicted octanol–water partition coefficient (Wildman–Crippen LogP) is 4.45. The Morgan fingerprint density at radius 1 is 1.22 bits per heavy atom. The molecule has 0 heterocycles. The average molecular weight is 338 g/mol. The van der Waals surface area contributed by atoms with E-state index in [1.54, 1.807) is 0 Å². The molecular weight excluding hydrogens is 320 g/mol. The first-order valence-corrected chi connectivity index (χ1v) is 8.71. The van der Waals surface area contributed by atoms with Crippen molar-refractivity contribution in [3.05, 3.63) is 65.6 Å². The molecule has 0 fully saturated rings. The highest BCUT2D eigenvalue weighted by molar-refractivity contribution is 7.70. The molecule has 1 aliphatic rings. The Labute approximate surface area is 134 Å². The molecule has 2 rings (SSSR count). The third-order valence-electron chi connectivity index (χ3n) is 3.33. The molecule has 1 aromatic rings. The molecule has 0 saturated heterocycles. The van der Waals surface area contributed by atoms with Gasteiger partial charge in [-0.2, -0.15) is 13.2 Å². The zero-order chi connectivity index (χ0) is 16.9. The standard InChI is InChI=1S/C17H18F3N2P/c18-17(19,20)16(22)11-13(21)12-23(14-7-3-1-4-8-14)15-9-5-2-6-10-15/h1,3-5,7-11,22H,2,6,12,21H2/b13-11-,22-16?. The van der Waals surface area contributed by atoms with Gasteiger partial charge in [0, 0.05) is 11.9 Å². The molecule has 1 aliphatic carbocycles. The van der Waals surface area contributed by atoms with Gasteiger partial charge in [-0.05, 0) is 37.5 Å². The van der Waals surface area contributed by atoms with Crippen LogP contribution in [-0.4, -0.2) is 18.0 Å². The second kappa shape index (κ2) is 7.60. The summed E-state index contributed by atoms with van der Waals surface area (Å²) in [4.78, 5) is 0. The normalized spacial score (nSPS) is 16.8. The van der Waals surface area contributed by atoms with Crippen LogP contribution in [0.3, 0.4) is 0 Å². The van der Waals surface area contributed by atoms with E-state index in [9.17, 15) is 13.2 Å². The molecule has 0 amide bonds. The minimum absolute atomic E-state index is 0.0853. The lowest BCUT2D eigenvalue weighted by atomic mass is 10.2. The second-order valence-electron chi connectivity index (χ2n) is 5.16. The molecule has 3 N–H and O–H groups in total. The number of alkyl halides is 3. The number of halogens is 3. The zero-order valence-corrected chi connectivity index (χ0v) is 13.4. The maximum Gasteiger partial charge on any atom is 0.432 e. The van der Waals surface area contributed by atoms with Gasteiger partial charge < -0.3 is 5.73 Å². The van der Waals surface area contributed by atoms with Crippen molar-refractivity contribution < 1.29 is 13.2 Å². The van der Waals surface area contributed by atoms with Crippen LogP contribution in [0.1, 0.15) is 12.8 Å². The summed E-state index contributed by atoms with van der Waals surface area (Å²) in [6, 6.07) is 9.67. The van der Waals surface area contributed by atoms with E-state index < -0.39 is 19.8 Å². The molecule has 1 atom stereocenters. The van der Waals surface area contributed by atoms with Gasteiger partial charge >= 0.3 is 6.18 Å². The van der Waals surface area contributed by atoms with Crippen molar-refractivity contribution in [3.8, 4) is 0 Å². The van der Waals surface area contributed by atoms with Crippen LogP contribution in [0.25, 0.3) is 0 Å². The van der Waals surface area contributed by atoms with Crippen LogP contribution in [0.15, 0.2) is 65.6 Å². The van der Waals surface area contributed by atoms with Gasteiger partial charge in [0.25, 0.3) is 0 Å². The summed E-state index contributed by atoms with van der Waals surface area (Å²) in [6.07, 6.45) is 4.52. The van der Waals surface area contributed by atoms with E-state index in [1.807, 2.05) is 36.4 Å². The molecule has 122 valence electrons. The molecule has 0 radical (unpaired) electrons. The molecule has 0 aromatic heterocycles. The summed E-state index contributed by atoms with van der Waals surface area (Å²) in [7, 11) is -0.863. The third-order valence-corrected chi connectivity index (χ3v) is 5.89. The van der Waals surface area contributed by atoms with E-state index >= 15 is 0 Å². The van der Waals surface area contributed by atoms with Gasteiger partial charge in [-0.3, -0.25) is 5.41 Å². The van der Waals surface area contributed by atoms with Gasteiger partial charge in [0.1, 0.15) is 5.71 Å². The number of rotatable bonds is 5. The van der Waals surface area contributed by atoms with E-state index in [2.05, 4.69) is 12.2 Å². The molecule has 1 unspecified atom stereocenters. The van der Waals surface area contributed by atoms with Crippen LogP contribution in [0, 0.1) is 5.41 Å². The number of hydrogen-bond donors (Lipinski definition) is 2. The summed E-state index contributed by atoms with van der Waals surface area (Å²) in [5, 5.41) is 9.24. The van der Waals surface area contributed by atoms with Gasteiger partial charge in [-0.25, -0.2) is 0 Å². The van der Waals surface area contributed by atoms with E-state index in [-0.39, 0.29) is 5.70 Å². The summed E-state index contributed by atoms with van der Waals surface area (Å²) in [5.74, 6) is 0. The number of nitrogens with two attached hydrogens (primary N) is 1. The highest BCUT2D eigenvalue weighted by atomic mass is 31.1. The van der Waals surface area contributed by atoms with E-state index in [0.717, 1.165) is 29.5 Å². The maximum absolute atomic E-state index is 12.5. The van der Waals surface area contributed by atoms with Gasteiger partial charge in [0.15, 0.2) is 0 Å². The van der Waals surface area contributed by atoms with Crippen LogP contribution >= 0.6 is 7.92 Å². The van der Waals surface area contributed by atoms with E-state index in [1.165, 1.54) is 0 Å². The summed E-state index contributed by atoms with van der Waals surface area (Å²) >= 11 is 0. The van der Waals surface area contributed by atoms with E-state index in [4.69, 9.17) is 11.1 Å². The summed E-state index contributed by atoms with van der Waals surface area (Å²) in [6.45, 7) is 0. The van der Waals surface area contributed by atoms with Crippen molar-refractivity contribution in [2.24, 2.45) is 5.73 Å². The first-order chi connectivity index (χ1) is 10.9. The fraction of sp³-hybridized carbons (Fsp3) is 0.235. The quantitative estimate of drug-likeness (QED) is 0.605. The van der Waals surface area contributed by atoms with Crippen molar-refractivity contribution >= 4 is 18.9 Å². The summed E-state index contributed by atoms with van der Waals surface area (Å²) in [5.41, 5.74) is 4.48. The second-order valence-corrected chi connectivity index (χ2v) is 7.37. The smallest absolute Gasteiger partial charge is 0.402 e. The van der Waals surface area contributed by atoms with Crippen molar-refractivity contribution in [1.82, 2.24) is 0 Å². The first-order valence-electron chi connectivity index (χ1n) is 7.19. The van der Waals surface area contributed by atoms with Crippen molar-refractivity contribution in [2.75, 3.05) is 6.16 Å². The van der Waals surface area contributed by atoms with Crippen molar-refractivity contribution in [3.63, 3.8) is 0 Å². The topological polar surface area (TPSA) is 49.9 Å². The minimum atomic E-state index is -4.66. The first kappa shape index (κ1) is 17.5. The van der Waals surface area contributed by atoms with Crippen LogP contribution in [0.4, 0.5) is 13.2 Å². The highest BCUT2D eigenvalue weighted by Crippen LogP contribution is 2.46. The fourth-order valence-corrected chi connectivity index (χ4v) is 4.52. The van der Waals surface area contributed by atoms with Gasteiger partial charge in [-0.1, -0.05) is 48.6 Å². The van der Waals surface area contributed by atoms with Crippen LogP contribution in [-0.2, 0) is 0 Å². The molecule has 0 spiro atoms. The highest BCUT2D eigenvalue weighted by Gasteiger charge is 2.33.